The van der Waals surface area contributed by atoms with Crippen molar-refractivity contribution in [1.82, 2.24) is 4.90 Å². The number of nitrogens with one attached hydrogen (secondary N) is 1. The number of fused-ring (bicyclic) bond motifs is 1. The van der Waals surface area contributed by atoms with E-state index < -0.39 is 0 Å². The average Bonchev–Trinajstić information content (AvgIpc) is 2.95. The second-order valence-corrected chi connectivity index (χ2v) is 6.51. The van der Waals surface area contributed by atoms with E-state index in [0.717, 1.165) is 18.5 Å². The molecule has 114 valence electrons. The summed E-state index contributed by atoms with van der Waals surface area (Å²) in [6.45, 7) is 4.76. The summed E-state index contributed by atoms with van der Waals surface area (Å²) in [6, 6.07) is 7.55. The first-order valence-corrected chi connectivity index (χ1v) is 8.16. The van der Waals surface area contributed by atoms with Crippen LogP contribution in [0.4, 0.5) is 5.69 Å². The first-order chi connectivity index (χ1) is 10.6. The van der Waals surface area contributed by atoms with Gasteiger partial charge in [0.25, 0.3) is 5.91 Å². The number of benzene rings is 1. The molecule has 0 radical (unpaired) electrons. The van der Waals surface area contributed by atoms with Crippen LogP contribution in [0, 0.1) is 6.92 Å². The van der Waals surface area contributed by atoms with Crippen LogP contribution in [-0.4, -0.2) is 23.3 Å². The minimum atomic E-state index is -0.131. The SMILES string of the molecule is CC(=O)Nc1cccc(C(=O)N2CCc3sccc3C2)c1C. The number of anilines is 1. The average molecular weight is 314 g/mol. The molecule has 0 bridgehead atoms. The number of hydrogen-bond acceptors (Lipinski definition) is 3. The van der Waals surface area contributed by atoms with E-state index in [1.54, 1.807) is 11.3 Å². The van der Waals surface area contributed by atoms with Gasteiger partial charge in [-0.15, -0.1) is 11.3 Å². The number of hydrogen-bond donors (Lipinski definition) is 1. The molecule has 2 aromatic rings. The van der Waals surface area contributed by atoms with Gasteiger partial charge in [-0.25, -0.2) is 0 Å². The topological polar surface area (TPSA) is 49.4 Å². The van der Waals surface area contributed by atoms with Gasteiger partial charge in [-0.1, -0.05) is 6.07 Å². The molecule has 0 fully saturated rings. The van der Waals surface area contributed by atoms with E-state index in [1.165, 1.54) is 17.4 Å². The standard InChI is InChI=1S/C17H18N2O2S/c1-11-14(4-3-5-15(11)18-12(2)20)17(21)19-8-6-16-13(10-19)7-9-22-16/h3-5,7,9H,6,8,10H2,1-2H3,(H,18,20). The molecule has 0 saturated heterocycles. The van der Waals surface area contributed by atoms with Crippen LogP contribution in [0.1, 0.15) is 33.3 Å². The maximum Gasteiger partial charge on any atom is 0.254 e. The van der Waals surface area contributed by atoms with Gasteiger partial charge >= 0.3 is 0 Å². The van der Waals surface area contributed by atoms with E-state index in [0.29, 0.717) is 17.8 Å². The summed E-state index contributed by atoms with van der Waals surface area (Å²) in [5, 5.41) is 4.86. The zero-order valence-corrected chi connectivity index (χ0v) is 13.5. The van der Waals surface area contributed by atoms with Crippen molar-refractivity contribution in [2.45, 2.75) is 26.8 Å². The number of nitrogens with zero attached hydrogens (tertiary/aromatic N) is 1. The second kappa shape index (κ2) is 5.93. The summed E-state index contributed by atoms with van der Waals surface area (Å²) in [5.41, 5.74) is 3.43. The Morgan fingerprint density at radius 2 is 2.09 bits per heavy atom. The zero-order chi connectivity index (χ0) is 15.7. The lowest BCUT2D eigenvalue weighted by molar-refractivity contribution is -0.114. The van der Waals surface area contributed by atoms with Crippen molar-refractivity contribution in [3.8, 4) is 0 Å². The van der Waals surface area contributed by atoms with E-state index >= 15 is 0 Å². The summed E-state index contributed by atoms with van der Waals surface area (Å²) in [5.74, 6) is -0.102. The lowest BCUT2D eigenvalue weighted by Crippen LogP contribution is -2.35. The molecule has 2 heterocycles. The number of carbonyl (C=O) groups is 2. The Morgan fingerprint density at radius 3 is 2.86 bits per heavy atom. The number of amides is 2. The molecule has 4 nitrogen and oxygen atoms in total. The van der Waals surface area contributed by atoms with Crippen molar-refractivity contribution >= 4 is 28.8 Å². The van der Waals surface area contributed by atoms with Gasteiger partial charge in [-0.05, 0) is 48.1 Å². The number of thiophene rings is 1. The predicted octanol–water partition coefficient (Wildman–Crippen LogP) is 3.21. The monoisotopic (exact) mass is 314 g/mol. The minimum absolute atomic E-state index is 0.0292. The Balaban J connectivity index is 1.85. The normalized spacial score (nSPS) is 13.6. The Hall–Kier alpha value is -2.14. The van der Waals surface area contributed by atoms with Gasteiger partial charge in [0.05, 0.1) is 0 Å². The summed E-state index contributed by atoms with van der Waals surface area (Å²) in [7, 11) is 0. The molecule has 0 aliphatic carbocycles. The molecule has 22 heavy (non-hydrogen) atoms. The van der Waals surface area contributed by atoms with Gasteiger partial charge in [0.1, 0.15) is 0 Å². The van der Waals surface area contributed by atoms with Crippen LogP contribution in [0.25, 0.3) is 0 Å². The molecule has 1 aliphatic heterocycles. The molecule has 0 unspecified atom stereocenters. The van der Waals surface area contributed by atoms with Gasteiger partial charge in [-0.2, -0.15) is 0 Å². The molecular weight excluding hydrogens is 296 g/mol. The van der Waals surface area contributed by atoms with Crippen LogP contribution in [0.3, 0.4) is 0 Å². The maximum atomic E-state index is 12.8. The molecule has 0 spiro atoms. The minimum Gasteiger partial charge on any atom is -0.334 e. The van der Waals surface area contributed by atoms with E-state index in [2.05, 4.69) is 16.8 Å². The predicted molar refractivity (Wildman–Crippen MR) is 88.2 cm³/mol. The maximum absolute atomic E-state index is 12.8. The summed E-state index contributed by atoms with van der Waals surface area (Å²) in [6.07, 6.45) is 0.920. The fourth-order valence-electron chi connectivity index (χ4n) is 2.78. The zero-order valence-electron chi connectivity index (χ0n) is 12.7. The van der Waals surface area contributed by atoms with Gasteiger partial charge in [0, 0.05) is 36.1 Å². The Labute approximate surface area is 133 Å². The van der Waals surface area contributed by atoms with E-state index in [-0.39, 0.29) is 11.8 Å². The summed E-state index contributed by atoms with van der Waals surface area (Å²) < 4.78 is 0. The Kier molecular flexibility index (Phi) is 3.98. The highest BCUT2D eigenvalue weighted by Crippen LogP contribution is 2.27. The molecule has 0 atom stereocenters. The quantitative estimate of drug-likeness (QED) is 0.925. The summed E-state index contributed by atoms with van der Waals surface area (Å²) in [4.78, 5) is 27.3. The third kappa shape index (κ3) is 2.76. The van der Waals surface area contributed by atoms with Crippen LogP contribution >= 0.6 is 11.3 Å². The highest BCUT2D eigenvalue weighted by molar-refractivity contribution is 7.10. The lowest BCUT2D eigenvalue weighted by atomic mass is 10.0. The largest absolute Gasteiger partial charge is 0.334 e. The lowest BCUT2D eigenvalue weighted by Gasteiger charge is -2.28. The highest BCUT2D eigenvalue weighted by Gasteiger charge is 2.24. The smallest absolute Gasteiger partial charge is 0.254 e. The van der Waals surface area contributed by atoms with Crippen LogP contribution in [0.5, 0.6) is 0 Å². The van der Waals surface area contributed by atoms with Crippen LogP contribution in [-0.2, 0) is 17.8 Å². The summed E-state index contributed by atoms with van der Waals surface area (Å²) >= 11 is 1.76. The third-order valence-electron chi connectivity index (χ3n) is 3.97. The molecular formula is C17H18N2O2S. The van der Waals surface area contributed by atoms with Crippen molar-refractivity contribution < 1.29 is 9.59 Å². The van der Waals surface area contributed by atoms with Crippen LogP contribution in [0.2, 0.25) is 0 Å². The highest BCUT2D eigenvalue weighted by atomic mass is 32.1. The van der Waals surface area contributed by atoms with Crippen molar-refractivity contribution in [1.29, 1.82) is 0 Å². The Bertz CT molecular complexity index is 736. The first kappa shape index (κ1) is 14.8. The molecule has 1 aliphatic rings. The molecule has 1 aromatic carbocycles. The fraction of sp³-hybridized carbons (Fsp3) is 0.294. The molecule has 2 amide bonds. The molecule has 1 aromatic heterocycles. The van der Waals surface area contributed by atoms with Gasteiger partial charge in [0.15, 0.2) is 0 Å². The van der Waals surface area contributed by atoms with Gasteiger partial charge in [-0.3, -0.25) is 9.59 Å². The molecule has 0 saturated carbocycles. The van der Waals surface area contributed by atoms with Crippen LogP contribution in [0.15, 0.2) is 29.6 Å². The van der Waals surface area contributed by atoms with Crippen molar-refractivity contribution in [3.63, 3.8) is 0 Å². The fourth-order valence-corrected chi connectivity index (χ4v) is 3.67. The van der Waals surface area contributed by atoms with E-state index in [4.69, 9.17) is 0 Å². The number of rotatable bonds is 2. The molecule has 1 N–H and O–H groups in total. The van der Waals surface area contributed by atoms with Crippen molar-refractivity contribution in [2.24, 2.45) is 0 Å². The number of carbonyl (C=O) groups excluding carboxylic acids is 2. The van der Waals surface area contributed by atoms with Crippen molar-refractivity contribution in [3.05, 3.63) is 51.2 Å². The van der Waals surface area contributed by atoms with Gasteiger partial charge in [0.2, 0.25) is 5.91 Å². The van der Waals surface area contributed by atoms with Gasteiger partial charge < -0.3 is 10.2 Å². The van der Waals surface area contributed by atoms with Crippen LogP contribution < -0.4 is 5.32 Å². The Morgan fingerprint density at radius 1 is 1.27 bits per heavy atom. The van der Waals surface area contributed by atoms with Crippen molar-refractivity contribution in [2.75, 3.05) is 11.9 Å². The first-order valence-electron chi connectivity index (χ1n) is 7.28. The third-order valence-corrected chi connectivity index (χ3v) is 4.99. The molecule has 5 heteroatoms. The molecule has 3 rings (SSSR count). The second-order valence-electron chi connectivity index (χ2n) is 5.51. The van der Waals surface area contributed by atoms with E-state index in [1.807, 2.05) is 30.0 Å². The van der Waals surface area contributed by atoms with E-state index in [9.17, 15) is 9.59 Å².